The summed E-state index contributed by atoms with van der Waals surface area (Å²) in [6.45, 7) is 5.09. The summed E-state index contributed by atoms with van der Waals surface area (Å²) >= 11 is 0. The lowest BCUT2D eigenvalue weighted by Crippen LogP contribution is -2.36. The fourth-order valence-electron chi connectivity index (χ4n) is 2.07. The minimum absolute atomic E-state index is 0.722. The SMILES string of the molecule is Cc1ccc(N2CCC(CN)CC2)cn1. The van der Waals surface area contributed by atoms with Gasteiger partial charge >= 0.3 is 0 Å². The molecule has 3 heteroatoms. The van der Waals surface area contributed by atoms with Gasteiger partial charge in [-0.25, -0.2) is 0 Å². The van der Waals surface area contributed by atoms with E-state index in [1.54, 1.807) is 0 Å². The highest BCUT2D eigenvalue weighted by atomic mass is 15.1. The Morgan fingerprint density at radius 3 is 2.67 bits per heavy atom. The van der Waals surface area contributed by atoms with E-state index in [4.69, 9.17) is 5.73 Å². The van der Waals surface area contributed by atoms with Crippen molar-refractivity contribution < 1.29 is 0 Å². The number of anilines is 1. The lowest BCUT2D eigenvalue weighted by Gasteiger charge is -2.32. The van der Waals surface area contributed by atoms with E-state index < -0.39 is 0 Å². The van der Waals surface area contributed by atoms with Gasteiger partial charge in [0.05, 0.1) is 11.9 Å². The average Bonchev–Trinajstić information content (AvgIpc) is 2.30. The molecule has 1 aliphatic rings. The van der Waals surface area contributed by atoms with E-state index in [0.717, 1.165) is 31.2 Å². The van der Waals surface area contributed by atoms with Crippen LogP contribution in [-0.2, 0) is 0 Å². The predicted octanol–water partition coefficient (Wildman–Crippen LogP) is 1.57. The second-order valence-electron chi connectivity index (χ2n) is 4.32. The summed E-state index contributed by atoms with van der Waals surface area (Å²) in [6.07, 6.45) is 4.40. The Bertz CT molecular complexity index is 299. The smallest absolute Gasteiger partial charge is 0.0552 e. The second kappa shape index (κ2) is 4.62. The number of nitrogens with two attached hydrogens (primary N) is 1. The minimum Gasteiger partial charge on any atom is -0.370 e. The fourth-order valence-corrected chi connectivity index (χ4v) is 2.07. The number of aromatic nitrogens is 1. The molecule has 1 aliphatic heterocycles. The normalized spacial score (nSPS) is 18.1. The van der Waals surface area contributed by atoms with Gasteiger partial charge in [0.1, 0.15) is 0 Å². The zero-order chi connectivity index (χ0) is 10.7. The van der Waals surface area contributed by atoms with E-state index in [-0.39, 0.29) is 0 Å². The van der Waals surface area contributed by atoms with Gasteiger partial charge in [0.15, 0.2) is 0 Å². The standard InChI is InChI=1S/C12H19N3/c1-10-2-3-12(9-14-10)15-6-4-11(8-13)5-7-15/h2-3,9,11H,4-8,13H2,1H3. The molecule has 0 unspecified atom stereocenters. The lowest BCUT2D eigenvalue weighted by atomic mass is 9.97. The molecule has 0 atom stereocenters. The van der Waals surface area contributed by atoms with Gasteiger partial charge in [-0.05, 0) is 44.4 Å². The maximum absolute atomic E-state index is 5.68. The summed E-state index contributed by atoms with van der Waals surface area (Å²) in [5, 5.41) is 0. The van der Waals surface area contributed by atoms with Gasteiger partial charge in [0.2, 0.25) is 0 Å². The molecule has 0 aliphatic carbocycles. The van der Waals surface area contributed by atoms with Crippen LogP contribution < -0.4 is 10.6 Å². The van der Waals surface area contributed by atoms with Crippen LogP contribution in [0.25, 0.3) is 0 Å². The van der Waals surface area contributed by atoms with E-state index in [0.29, 0.717) is 0 Å². The summed E-state index contributed by atoms with van der Waals surface area (Å²) in [7, 11) is 0. The Kier molecular flexibility index (Phi) is 3.21. The molecular formula is C12H19N3. The maximum atomic E-state index is 5.68. The molecule has 82 valence electrons. The summed E-state index contributed by atoms with van der Waals surface area (Å²) < 4.78 is 0. The summed E-state index contributed by atoms with van der Waals surface area (Å²) in [6, 6.07) is 4.23. The molecule has 1 aromatic heterocycles. The number of hydrogen-bond donors (Lipinski definition) is 1. The Labute approximate surface area is 91.3 Å². The molecular weight excluding hydrogens is 186 g/mol. The zero-order valence-electron chi connectivity index (χ0n) is 9.32. The number of pyridine rings is 1. The number of nitrogens with zero attached hydrogens (tertiary/aromatic N) is 2. The lowest BCUT2D eigenvalue weighted by molar-refractivity contribution is 0.414. The third-order valence-electron chi connectivity index (χ3n) is 3.21. The number of aryl methyl sites for hydroxylation is 1. The van der Waals surface area contributed by atoms with E-state index >= 15 is 0 Å². The molecule has 2 N–H and O–H groups in total. The Balaban J connectivity index is 1.98. The molecule has 1 saturated heterocycles. The number of hydrogen-bond acceptors (Lipinski definition) is 3. The molecule has 0 aromatic carbocycles. The van der Waals surface area contributed by atoms with Crippen molar-refractivity contribution in [1.29, 1.82) is 0 Å². The van der Waals surface area contributed by atoms with Crippen LogP contribution >= 0.6 is 0 Å². The Morgan fingerprint density at radius 2 is 2.13 bits per heavy atom. The predicted molar refractivity (Wildman–Crippen MR) is 63.0 cm³/mol. The highest BCUT2D eigenvalue weighted by molar-refractivity contribution is 5.44. The van der Waals surface area contributed by atoms with Crippen molar-refractivity contribution in [2.45, 2.75) is 19.8 Å². The fraction of sp³-hybridized carbons (Fsp3) is 0.583. The molecule has 1 aromatic rings. The molecule has 15 heavy (non-hydrogen) atoms. The highest BCUT2D eigenvalue weighted by Gasteiger charge is 2.17. The molecule has 0 saturated carbocycles. The van der Waals surface area contributed by atoms with Gasteiger partial charge in [-0.1, -0.05) is 0 Å². The first-order valence-corrected chi connectivity index (χ1v) is 5.67. The summed E-state index contributed by atoms with van der Waals surface area (Å²) in [4.78, 5) is 6.73. The third kappa shape index (κ3) is 2.48. The molecule has 2 rings (SSSR count). The van der Waals surface area contributed by atoms with E-state index in [1.807, 2.05) is 13.1 Å². The second-order valence-corrected chi connectivity index (χ2v) is 4.32. The maximum Gasteiger partial charge on any atom is 0.0552 e. The molecule has 0 spiro atoms. The van der Waals surface area contributed by atoms with Crippen LogP contribution in [0.2, 0.25) is 0 Å². The molecule has 2 heterocycles. The first-order valence-electron chi connectivity index (χ1n) is 5.67. The van der Waals surface area contributed by atoms with Crippen LogP contribution in [0.1, 0.15) is 18.5 Å². The van der Waals surface area contributed by atoms with E-state index in [9.17, 15) is 0 Å². The van der Waals surface area contributed by atoms with Gasteiger partial charge in [-0.3, -0.25) is 4.98 Å². The quantitative estimate of drug-likeness (QED) is 0.796. The molecule has 0 amide bonds. The van der Waals surface area contributed by atoms with Crippen molar-refractivity contribution >= 4 is 5.69 Å². The van der Waals surface area contributed by atoms with Crippen LogP contribution in [0.15, 0.2) is 18.3 Å². The minimum atomic E-state index is 0.722. The van der Waals surface area contributed by atoms with Gasteiger partial charge in [-0.15, -0.1) is 0 Å². The average molecular weight is 205 g/mol. The summed E-state index contributed by atoms with van der Waals surface area (Å²) in [5.41, 5.74) is 8.00. The van der Waals surface area contributed by atoms with Crippen LogP contribution in [0.4, 0.5) is 5.69 Å². The highest BCUT2D eigenvalue weighted by Crippen LogP contribution is 2.21. The van der Waals surface area contributed by atoms with E-state index in [1.165, 1.54) is 18.5 Å². The van der Waals surface area contributed by atoms with Crippen molar-refractivity contribution in [3.63, 3.8) is 0 Å². The van der Waals surface area contributed by atoms with Crippen molar-refractivity contribution in [2.75, 3.05) is 24.5 Å². The monoisotopic (exact) mass is 205 g/mol. The molecule has 1 fully saturated rings. The van der Waals surface area contributed by atoms with Crippen molar-refractivity contribution in [1.82, 2.24) is 4.98 Å². The van der Waals surface area contributed by atoms with Crippen molar-refractivity contribution in [2.24, 2.45) is 11.7 Å². The topological polar surface area (TPSA) is 42.1 Å². The molecule has 0 radical (unpaired) electrons. The number of piperidine rings is 1. The Hall–Kier alpha value is -1.09. The first-order chi connectivity index (χ1) is 7.29. The largest absolute Gasteiger partial charge is 0.370 e. The van der Waals surface area contributed by atoms with Crippen LogP contribution in [-0.4, -0.2) is 24.6 Å². The van der Waals surface area contributed by atoms with Crippen LogP contribution in [0.5, 0.6) is 0 Å². The van der Waals surface area contributed by atoms with Gasteiger partial charge in [0, 0.05) is 18.8 Å². The van der Waals surface area contributed by atoms with Crippen LogP contribution in [0.3, 0.4) is 0 Å². The molecule has 0 bridgehead atoms. The van der Waals surface area contributed by atoms with Gasteiger partial charge in [-0.2, -0.15) is 0 Å². The zero-order valence-corrected chi connectivity index (χ0v) is 9.32. The Morgan fingerprint density at radius 1 is 1.40 bits per heavy atom. The van der Waals surface area contributed by atoms with Crippen molar-refractivity contribution in [3.8, 4) is 0 Å². The van der Waals surface area contributed by atoms with E-state index in [2.05, 4.69) is 22.0 Å². The third-order valence-corrected chi connectivity index (χ3v) is 3.21. The first kappa shape index (κ1) is 10.4. The van der Waals surface area contributed by atoms with Crippen molar-refractivity contribution in [3.05, 3.63) is 24.0 Å². The van der Waals surface area contributed by atoms with Gasteiger partial charge < -0.3 is 10.6 Å². The van der Waals surface area contributed by atoms with Crippen LogP contribution in [0, 0.1) is 12.8 Å². The molecule has 3 nitrogen and oxygen atoms in total. The van der Waals surface area contributed by atoms with Gasteiger partial charge in [0.25, 0.3) is 0 Å². The number of rotatable bonds is 2. The summed E-state index contributed by atoms with van der Waals surface area (Å²) in [5.74, 6) is 0.722.